The van der Waals surface area contributed by atoms with E-state index in [0.717, 1.165) is 5.56 Å². The lowest BCUT2D eigenvalue weighted by Gasteiger charge is -2.06. The minimum Gasteiger partial charge on any atom is -0.364 e. The number of hydrogen-bond acceptors (Lipinski definition) is 4. The molecule has 0 aliphatic carbocycles. The first-order valence-electron chi connectivity index (χ1n) is 6.19. The normalized spacial score (nSPS) is 10.1. The molecular weight excluding hydrogens is 258 g/mol. The van der Waals surface area contributed by atoms with Gasteiger partial charge in [-0.15, -0.1) is 0 Å². The summed E-state index contributed by atoms with van der Waals surface area (Å²) in [4.78, 5) is 22.6. The van der Waals surface area contributed by atoms with Crippen molar-refractivity contribution in [2.75, 3.05) is 10.6 Å². The van der Waals surface area contributed by atoms with E-state index in [4.69, 9.17) is 4.52 Å². The van der Waals surface area contributed by atoms with Gasteiger partial charge in [0.05, 0.1) is 6.20 Å². The molecule has 2 rings (SSSR count). The van der Waals surface area contributed by atoms with Gasteiger partial charge in [0, 0.05) is 30.3 Å². The van der Waals surface area contributed by atoms with E-state index >= 15 is 0 Å². The SMILES string of the molecule is CC(=O)Nc1ccc(NC(=O)CCc2cnoc2)cc1. The second-order valence-electron chi connectivity index (χ2n) is 4.34. The van der Waals surface area contributed by atoms with Gasteiger partial charge < -0.3 is 15.2 Å². The van der Waals surface area contributed by atoms with Crippen molar-refractivity contribution in [2.45, 2.75) is 19.8 Å². The molecule has 0 bridgehead atoms. The fourth-order valence-electron chi connectivity index (χ4n) is 1.67. The lowest BCUT2D eigenvalue weighted by Crippen LogP contribution is -2.12. The highest BCUT2D eigenvalue weighted by molar-refractivity contribution is 5.92. The van der Waals surface area contributed by atoms with Crippen molar-refractivity contribution < 1.29 is 14.1 Å². The highest BCUT2D eigenvalue weighted by Crippen LogP contribution is 2.14. The number of benzene rings is 1. The third-order valence-corrected chi connectivity index (χ3v) is 2.61. The molecule has 1 heterocycles. The number of carbonyl (C=O) groups is 2. The number of nitrogens with zero attached hydrogens (tertiary/aromatic N) is 1. The van der Waals surface area contributed by atoms with Crippen LogP contribution in [0.25, 0.3) is 0 Å². The summed E-state index contributed by atoms with van der Waals surface area (Å²) in [6.45, 7) is 1.44. The fourth-order valence-corrected chi connectivity index (χ4v) is 1.67. The number of aryl methyl sites for hydroxylation is 1. The van der Waals surface area contributed by atoms with Gasteiger partial charge in [0.25, 0.3) is 0 Å². The Morgan fingerprint density at radius 1 is 1.15 bits per heavy atom. The largest absolute Gasteiger partial charge is 0.364 e. The zero-order chi connectivity index (χ0) is 14.4. The van der Waals surface area contributed by atoms with Crippen LogP contribution in [-0.2, 0) is 16.0 Å². The Balaban J connectivity index is 1.83. The lowest BCUT2D eigenvalue weighted by atomic mass is 10.2. The van der Waals surface area contributed by atoms with Crippen molar-refractivity contribution in [1.82, 2.24) is 5.16 Å². The number of hydrogen-bond donors (Lipinski definition) is 2. The molecule has 1 aromatic carbocycles. The highest BCUT2D eigenvalue weighted by atomic mass is 16.5. The maximum atomic E-state index is 11.7. The molecular formula is C14H15N3O3. The number of amides is 2. The van der Waals surface area contributed by atoms with Gasteiger partial charge in [-0.1, -0.05) is 5.16 Å². The van der Waals surface area contributed by atoms with Crippen LogP contribution >= 0.6 is 0 Å². The average Bonchev–Trinajstić information content (AvgIpc) is 2.91. The van der Waals surface area contributed by atoms with Gasteiger partial charge in [0.1, 0.15) is 6.26 Å². The van der Waals surface area contributed by atoms with Crippen molar-refractivity contribution in [3.63, 3.8) is 0 Å². The summed E-state index contributed by atoms with van der Waals surface area (Å²) in [5.41, 5.74) is 2.27. The second-order valence-corrected chi connectivity index (χ2v) is 4.34. The molecule has 2 N–H and O–H groups in total. The van der Waals surface area contributed by atoms with E-state index in [9.17, 15) is 9.59 Å². The van der Waals surface area contributed by atoms with Gasteiger partial charge in [-0.05, 0) is 30.7 Å². The van der Waals surface area contributed by atoms with E-state index in [1.165, 1.54) is 13.2 Å². The van der Waals surface area contributed by atoms with E-state index < -0.39 is 0 Å². The Kier molecular flexibility index (Phi) is 4.49. The van der Waals surface area contributed by atoms with Gasteiger partial charge in [-0.2, -0.15) is 0 Å². The summed E-state index contributed by atoms with van der Waals surface area (Å²) in [5.74, 6) is -0.214. The molecule has 2 aromatic rings. The minimum atomic E-state index is -0.129. The summed E-state index contributed by atoms with van der Waals surface area (Å²) >= 11 is 0. The molecule has 0 atom stereocenters. The molecule has 20 heavy (non-hydrogen) atoms. The van der Waals surface area contributed by atoms with Crippen LogP contribution in [0.2, 0.25) is 0 Å². The van der Waals surface area contributed by atoms with E-state index in [1.807, 2.05) is 0 Å². The molecule has 0 aliphatic heterocycles. The quantitative estimate of drug-likeness (QED) is 0.874. The Labute approximate surface area is 116 Å². The summed E-state index contributed by atoms with van der Waals surface area (Å²) in [7, 11) is 0. The summed E-state index contributed by atoms with van der Waals surface area (Å²) in [6, 6.07) is 6.94. The second kappa shape index (κ2) is 6.51. The predicted octanol–water partition coefficient (Wildman–Crippen LogP) is 2.20. The van der Waals surface area contributed by atoms with Crippen molar-refractivity contribution in [3.8, 4) is 0 Å². The van der Waals surface area contributed by atoms with Crippen LogP contribution in [0.4, 0.5) is 11.4 Å². The molecule has 0 radical (unpaired) electrons. The van der Waals surface area contributed by atoms with Crippen molar-refractivity contribution in [1.29, 1.82) is 0 Å². The Bertz CT molecular complexity index is 576. The first-order chi connectivity index (χ1) is 9.63. The standard InChI is InChI=1S/C14H15N3O3/c1-10(18)16-12-3-5-13(6-4-12)17-14(19)7-2-11-8-15-20-9-11/h3-6,8-9H,2,7H2,1H3,(H,16,18)(H,17,19). The first-order valence-corrected chi connectivity index (χ1v) is 6.19. The van der Waals surface area contributed by atoms with Crippen LogP contribution < -0.4 is 10.6 Å². The molecule has 0 spiro atoms. The summed E-state index contributed by atoms with van der Waals surface area (Å²) in [6.07, 6.45) is 4.05. The zero-order valence-corrected chi connectivity index (χ0v) is 11.1. The summed E-state index contributed by atoms with van der Waals surface area (Å²) in [5, 5.41) is 9.02. The zero-order valence-electron chi connectivity index (χ0n) is 11.1. The average molecular weight is 273 g/mol. The van der Waals surface area contributed by atoms with Crippen LogP contribution in [0.1, 0.15) is 18.9 Å². The van der Waals surface area contributed by atoms with Crippen molar-refractivity contribution >= 4 is 23.2 Å². The topological polar surface area (TPSA) is 84.2 Å². The van der Waals surface area contributed by atoms with Crippen LogP contribution in [0.15, 0.2) is 41.2 Å². The molecule has 1 aromatic heterocycles. The molecule has 0 fully saturated rings. The van der Waals surface area contributed by atoms with E-state index in [2.05, 4.69) is 15.8 Å². The highest BCUT2D eigenvalue weighted by Gasteiger charge is 2.04. The maximum absolute atomic E-state index is 11.7. The lowest BCUT2D eigenvalue weighted by molar-refractivity contribution is -0.116. The van der Waals surface area contributed by atoms with E-state index in [0.29, 0.717) is 24.2 Å². The van der Waals surface area contributed by atoms with Gasteiger partial charge in [0.15, 0.2) is 0 Å². The number of nitrogens with one attached hydrogen (secondary N) is 2. The number of aromatic nitrogens is 1. The van der Waals surface area contributed by atoms with Gasteiger partial charge in [0.2, 0.25) is 11.8 Å². The van der Waals surface area contributed by atoms with Crippen LogP contribution in [0.3, 0.4) is 0 Å². The summed E-state index contributed by atoms with van der Waals surface area (Å²) < 4.78 is 4.69. The van der Waals surface area contributed by atoms with Crippen LogP contribution in [0, 0.1) is 0 Å². The molecule has 2 amide bonds. The number of rotatable bonds is 5. The Morgan fingerprint density at radius 3 is 2.35 bits per heavy atom. The van der Waals surface area contributed by atoms with Crippen molar-refractivity contribution in [3.05, 3.63) is 42.3 Å². The monoisotopic (exact) mass is 273 g/mol. The molecule has 104 valence electrons. The van der Waals surface area contributed by atoms with E-state index in [-0.39, 0.29) is 11.8 Å². The third kappa shape index (κ3) is 4.24. The molecule has 6 nitrogen and oxygen atoms in total. The molecule has 6 heteroatoms. The first kappa shape index (κ1) is 13.8. The molecule has 0 saturated carbocycles. The van der Waals surface area contributed by atoms with Gasteiger partial charge >= 0.3 is 0 Å². The van der Waals surface area contributed by atoms with Gasteiger partial charge in [-0.3, -0.25) is 9.59 Å². The maximum Gasteiger partial charge on any atom is 0.224 e. The van der Waals surface area contributed by atoms with Crippen LogP contribution in [0.5, 0.6) is 0 Å². The number of anilines is 2. The molecule has 0 saturated heterocycles. The third-order valence-electron chi connectivity index (χ3n) is 2.61. The van der Waals surface area contributed by atoms with Crippen molar-refractivity contribution in [2.24, 2.45) is 0 Å². The number of carbonyl (C=O) groups excluding carboxylic acids is 2. The van der Waals surface area contributed by atoms with Crippen LogP contribution in [-0.4, -0.2) is 17.0 Å². The van der Waals surface area contributed by atoms with E-state index in [1.54, 1.807) is 30.5 Å². The van der Waals surface area contributed by atoms with Gasteiger partial charge in [-0.25, -0.2) is 0 Å². The molecule has 0 unspecified atom stereocenters. The minimum absolute atomic E-state index is 0.0847. The molecule has 0 aliphatic rings. The fraction of sp³-hybridized carbons (Fsp3) is 0.214. The Hall–Kier alpha value is -2.63. The smallest absolute Gasteiger partial charge is 0.224 e. The predicted molar refractivity (Wildman–Crippen MR) is 74.2 cm³/mol. The Morgan fingerprint density at radius 2 is 1.80 bits per heavy atom.